The normalized spacial score (nSPS) is 11.9. The molecule has 9 heteroatoms. The molecule has 3 N–H and O–H groups in total. The number of allylic oxidation sites excluding steroid dienone is 1. The van der Waals surface area contributed by atoms with Crippen molar-refractivity contribution in [1.82, 2.24) is 14.9 Å². The van der Waals surface area contributed by atoms with E-state index in [0.717, 1.165) is 22.5 Å². The second kappa shape index (κ2) is 10.7. The minimum Gasteiger partial charge on any atom is -0.396 e. The molecule has 3 rings (SSSR count). The summed E-state index contributed by atoms with van der Waals surface area (Å²) in [5, 5.41) is 11.3. The zero-order valence-electron chi connectivity index (χ0n) is 17.7. The number of aliphatic hydroxyl groups is 1. The molecule has 0 fully saturated rings. The molecule has 0 bridgehead atoms. The summed E-state index contributed by atoms with van der Waals surface area (Å²) in [7, 11) is 0. The standard InChI is InChI=1S/C23H23BrN4O3S/c1-14(28(13-30)12-17-11-26-15(2)27-22(17)25)20(9-10-29)32-23(31)19-8-7-16-5-3-4-6-18(16)21(19)24/h3-8,11,13,29H,9-10,12H2,1-2H3,(H2,25,26,27). The number of carbonyl (C=O) groups excluding carboxylic acids is 2. The number of thioether (sulfide) groups is 1. The lowest BCUT2D eigenvalue weighted by atomic mass is 10.1. The van der Waals surface area contributed by atoms with Crippen molar-refractivity contribution in [2.75, 3.05) is 12.3 Å². The fourth-order valence-electron chi connectivity index (χ4n) is 3.18. The number of aromatic nitrogens is 2. The van der Waals surface area contributed by atoms with E-state index in [0.29, 0.717) is 44.3 Å². The second-order valence-corrected chi connectivity index (χ2v) is 8.94. The Kier molecular flexibility index (Phi) is 8.00. The number of nitrogens with zero attached hydrogens (tertiary/aromatic N) is 3. The molecule has 0 saturated heterocycles. The molecule has 0 aliphatic carbocycles. The predicted octanol–water partition coefficient (Wildman–Crippen LogP) is 4.43. The topological polar surface area (TPSA) is 109 Å². The van der Waals surface area contributed by atoms with Crippen LogP contribution < -0.4 is 5.73 Å². The number of benzene rings is 2. The first-order valence-corrected chi connectivity index (χ1v) is 11.5. The number of amides is 1. The van der Waals surface area contributed by atoms with E-state index in [-0.39, 0.29) is 24.7 Å². The van der Waals surface area contributed by atoms with Gasteiger partial charge in [-0.15, -0.1) is 0 Å². The van der Waals surface area contributed by atoms with Crippen LogP contribution in [0.5, 0.6) is 0 Å². The summed E-state index contributed by atoms with van der Waals surface area (Å²) >= 11 is 4.56. The lowest BCUT2D eigenvalue weighted by Gasteiger charge is -2.22. The minimum absolute atomic E-state index is 0.158. The number of fused-ring (bicyclic) bond motifs is 1. The van der Waals surface area contributed by atoms with Crippen LogP contribution in [-0.4, -0.2) is 38.1 Å². The number of aliphatic hydroxyl groups excluding tert-OH is 1. The van der Waals surface area contributed by atoms with Crippen LogP contribution in [0, 0.1) is 6.92 Å². The maximum atomic E-state index is 13.1. The van der Waals surface area contributed by atoms with Gasteiger partial charge in [0.2, 0.25) is 11.5 Å². The summed E-state index contributed by atoms with van der Waals surface area (Å²) in [4.78, 5) is 35.3. The molecule has 0 spiro atoms. The van der Waals surface area contributed by atoms with Crippen LogP contribution in [0.1, 0.15) is 35.1 Å². The van der Waals surface area contributed by atoms with Crippen LogP contribution in [-0.2, 0) is 11.3 Å². The summed E-state index contributed by atoms with van der Waals surface area (Å²) in [5.74, 6) is 0.837. The van der Waals surface area contributed by atoms with Crippen molar-refractivity contribution >= 4 is 55.8 Å². The molecular formula is C23H23BrN4O3S. The molecule has 1 amide bonds. The van der Waals surface area contributed by atoms with E-state index < -0.39 is 0 Å². The Bertz CT molecular complexity index is 1200. The summed E-state index contributed by atoms with van der Waals surface area (Å²) < 4.78 is 0.714. The number of halogens is 1. The van der Waals surface area contributed by atoms with Crippen molar-refractivity contribution in [3.63, 3.8) is 0 Å². The maximum Gasteiger partial charge on any atom is 0.225 e. The van der Waals surface area contributed by atoms with E-state index in [2.05, 4.69) is 25.9 Å². The number of nitrogen functional groups attached to an aromatic ring is 1. The van der Waals surface area contributed by atoms with E-state index in [1.54, 1.807) is 26.1 Å². The Hall–Kier alpha value is -2.75. The number of anilines is 1. The van der Waals surface area contributed by atoms with Crippen molar-refractivity contribution in [1.29, 1.82) is 0 Å². The maximum absolute atomic E-state index is 13.1. The molecule has 1 heterocycles. The second-order valence-electron chi connectivity index (χ2n) is 7.08. The molecule has 0 aliphatic heterocycles. The third-order valence-corrected chi connectivity index (χ3v) is 6.96. The van der Waals surface area contributed by atoms with Crippen LogP contribution in [0.3, 0.4) is 0 Å². The highest BCUT2D eigenvalue weighted by molar-refractivity contribution is 9.10. The van der Waals surface area contributed by atoms with Crippen LogP contribution in [0.25, 0.3) is 10.8 Å². The van der Waals surface area contributed by atoms with Gasteiger partial charge in [-0.2, -0.15) is 0 Å². The quantitative estimate of drug-likeness (QED) is 0.427. The van der Waals surface area contributed by atoms with Gasteiger partial charge in [-0.1, -0.05) is 30.3 Å². The van der Waals surface area contributed by atoms with Crippen LogP contribution >= 0.6 is 27.7 Å². The third-order valence-electron chi connectivity index (χ3n) is 4.96. The SMILES string of the molecule is CC(=C(CCO)SC(=O)c1ccc2ccccc2c1Br)N(C=O)Cc1cnc(C)nc1N. The molecule has 3 aromatic rings. The Morgan fingerprint density at radius 1 is 1.28 bits per heavy atom. The van der Waals surface area contributed by atoms with Gasteiger partial charge in [-0.25, -0.2) is 9.97 Å². The highest BCUT2D eigenvalue weighted by atomic mass is 79.9. The fourth-order valence-corrected chi connectivity index (χ4v) is 4.95. The van der Waals surface area contributed by atoms with Gasteiger partial charge in [0.05, 0.1) is 6.54 Å². The van der Waals surface area contributed by atoms with Gasteiger partial charge in [-0.3, -0.25) is 9.59 Å². The lowest BCUT2D eigenvalue weighted by molar-refractivity contribution is -0.116. The lowest BCUT2D eigenvalue weighted by Crippen LogP contribution is -2.22. The van der Waals surface area contributed by atoms with Crippen molar-refractivity contribution in [3.8, 4) is 0 Å². The van der Waals surface area contributed by atoms with Gasteiger partial charge in [0.15, 0.2) is 0 Å². The summed E-state index contributed by atoms with van der Waals surface area (Å²) in [6.07, 6.45) is 2.48. The van der Waals surface area contributed by atoms with Gasteiger partial charge < -0.3 is 15.7 Å². The van der Waals surface area contributed by atoms with E-state index in [4.69, 9.17) is 5.73 Å². The summed E-state index contributed by atoms with van der Waals surface area (Å²) in [6, 6.07) is 11.4. The first-order chi connectivity index (χ1) is 15.3. The van der Waals surface area contributed by atoms with Gasteiger partial charge in [-0.05, 0) is 58.4 Å². The smallest absolute Gasteiger partial charge is 0.225 e. The Morgan fingerprint density at radius 2 is 2.03 bits per heavy atom. The molecule has 0 atom stereocenters. The molecule has 0 unspecified atom stereocenters. The zero-order valence-corrected chi connectivity index (χ0v) is 20.1. The average Bonchev–Trinajstić information content (AvgIpc) is 2.78. The van der Waals surface area contributed by atoms with Crippen molar-refractivity contribution in [2.24, 2.45) is 0 Å². The Labute approximate surface area is 198 Å². The minimum atomic E-state index is -0.186. The number of hydrogen-bond donors (Lipinski definition) is 2. The molecule has 1 aromatic heterocycles. The molecule has 166 valence electrons. The highest BCUT2D eigenvalue weighted by Crippen LogP contribution is 2.34. The van der Waals surface area contributed by atoms with Gasteiger partial charge >= 0.3 is 0 Å². The number of nitrogens with two attached hydrogens (primary N) is 1. The fraction of sp³-hybridized carbons (Fsp3) is 0.217. The molecule has 0 radical (unpaired) electrons. The Morgan fingerprint density at radius 3 is 2.72 bits per heavy atom. The van der Waals surface area contributed by atoms with Crippen LogP contribution in [0.15, 0.2) is 57.7 Å². The van der Waals surface area contributed by atoms with Crippen molar-refractivity contribution < 1.29 is 14.7 Å². The van der Waals surface area contributed by atoms with Crippen molar-refractivity contribution in [3.05, 3.63) is 74.6 Å². The first kappa shape index (κ1) is 23.9. The molecule has 7 nitrogen and oxygen atoms in total. The molecule has 32 heavy (non-hydrogen) atoms. The van der Waals surface area contributed by atoms with Crippen molar-refractivity contribution in [2.45, 2.75) is 26.8 Å². The van der Waals surface area contributed by atoms with Crippen LogP contribution in [0.2, 0.25) is 0 Å². The van der Waals surface area contributed by atoms with E-state index in [1.807, 2.05) is 30.3 Å². The van der Waals surface area contributed by atoms with Gasteiger partial charge in [0.1, 0.15) is 11.6 Å². The van der Waals surface area contributed by atoms with Crippen LogP contribution in [0.4, 0.5) is 5.82 Å². The van der Waals surface area contributed by atoms with E-state index in [9.17, 15) is 14.7 Å². The average molecular weight is 515 g/mol. The molecule has 0 aliphatic rings. The Balaban J connectivity index is 1.90. The monoisotopic (exact) mass is 514 g/mol. The zero-order chi connectivity index (χ0) is 23.3. The highest BCUT2D eigenvalue weighted by Gasteiger charge is 2.19. The number of aryl methyl sites for hydroxylation is 1. The molecular weight excluding hydrogens is 492 g/mol. The largest absolute Gasteiger partial charge is 0.396 e. The first-order valence-electron chi connectivity index (χ1n) is 9.85. The van der Waals surface area contributed by atoms with Gasteiger partial charge in [0.25, 0.3) is 0 Å². The molecule has 0 saturated carbocycles. The number of rotatable bonds is 8. The number of carbonyl (C=O) groups is 2. The van der Waals surface area contributed by atoms with E-state index >= 15 is 0 Å². The predicted molar refractivity (Wildman–Crippen MR) is 131 cm³/mol. The summed E-state index contributed by atoms with van der Waals surface area (Å²) in [6.45, 7) is 3.47. The third kappa shape index (κ3) is 5.35. The molecule has 2 aromatic carbocycles. The van der Waals surface area contributed by atoms with E-state index in [1.165, 1.54) is 4.90 Å². The number of hydrogen-bond acceptors (Lipinski definition) is 7. The van der Waals surface area contributed by atoms with Gasteiger partial charge in [0, 0.05) is 45.4 Å². The summed E-state index contributed by atoms with van der Waals surface area (Å²) in [5.41, 5.74) is 7.64.